The molecular weight excluding hydrogens is 438 g/mol. The summed E-state index contributed by atoms with van der Waals surface area (Å²) in [5, 5.41) is 12.6. The molecule has 172 valence electrons. The smallest absolute Gasteiger partial charge is 0.241 e. The number of amidine groups is 1. The Morgan fingerprint density at radius 3 is 2.48 bits per heavy atom. The fraction of sp³-hybridized carbons (Fsp3) is 0.250. The average molecular weight is 466 g/mol. The fourth-order valence-corrected chi connectivity index (χ4v) is 5.20. The van der Waals surface area contributed by atoms with E-state index in [1.54, 1.807) is 47.4 Å². The monoisotopic (exact) mass is 465 g/mol. The minimum atomic E-state index is -3.96. The molecule has 9 heteroatoms. The van der Waals surface area contributed by atoms with Crippen molar-refractivity contribution in [1.82, 2.24) is 14.9 Å². The molecule has 1 atom stereocenters. The van der Waals surface area contributed by atoms with Crippen molar-refractivity contribution in [1.29, 1.82) is 5.41 Å². The highest BCUT2D eigenvalue weighted by Gasteiger charge is 2.30. The van der Waals surface area contributed by atoms with Crippen LogP contribution in [0.5, 0.6) is 0 Å². The number of amides is 1. The molecule has 8 nitrogen and oxygen atoms in total. The van der Waals surface area contributed by atoms with Crippen LogP contribution in [-0.4, -0.2) is 57.3 Å². The summed E-state index contributed by atoms with van der Waals surface area (Å²) in [6.45, 7) is 2.35. The van der Waals surface area contributed by atoms with Crippen LogP contribution < -0.4 is 15.8 Å². The molecule has 33 heavy (non-hydrogen) atoms. The standard InChI is InChI=1S/C24H27N5O3S/c25-23(26)20-7-3-4-17(14-20)15-22(24(30)29-12-10-27-11-13-29)28-33(31,32)21-9-8-18-5-1-2-6-19(18)16-21/h1-9,14,16,22,27-28H,10-13,15H2,(H3,25,26)/t22-/m0/s1. The lowest BCUT2D eigenvalue weighted by molar-refractivity contribution is -0.133. The molecular formula is C24H27N5O3S. The van der Waals surface area contributed by atoms with E-state index in [2.05, 4.69) is 10.0 Å². The lowest BCUT2D eigenvalue weighted by atomic mass is 10.0. The molecule has 0 spiro atoms. The number of nitrogens with two attached hydrogens (primary N) is 1. The summed E-state index contributed by atoms with van der Waals surface area (Å²) in [5.74, 6) is -0.354. The lowest BCUT2D eigenvalue weighted by Gasteiger charge is -2.31. The van der Waals surface area contributed by atoms with Crippen LogP contribution in [0.1, 0.15) is 11.1 Å². The maximum atomic E-state index is 13.3. The van der Waals surface area contributed by atoms with Crippen molar-refractivity contribution in [3.63, 3.8) is 0 Å². The largest absolute Gasteiger partial charge is 0.384 e. The van der Waals surface area contributed by atoms with E-state index in [1.807, 2.05) is 24.3 Å². The maximum absolute atomic E-state index is 13.3. The molecule has 0 aliphatic carbocycles. The molecule has 0 bridgehead atoms. The zero-order valence-electron chi connectivity index (χ0n) is 18.1. The van der Waals surface area contributed by atoms with Gasteiger partial charge >= 0.3 is 0 Å². The molecule has 1 saturated heterocycles. The number of nitrogen functional groups attached to an aromatic ring is 1. The van der Waals surface area contributed by atoms with Crippen molar-refractivity contribution >= 4 is 32.5 Å². The normalized spacial score (nSPS) is 15.3. The second-order valence-electron chi connectivity index (χ2n) is 8.08. The number of sulfonamides is 1. The number of carbonyl (C=O) groups is 1. The Morgan fingerprint density at radius 2 is 1.76 bits per heavy atom. The number of hydrogen-bond acceptors (Lipinski definition) is 5. The molecule has 1 aliphatic rings. The van der Waals surface area contributed by atoms with E-state index < -0.39 is 16.1 Å². The molecule has 1 amide bonds. The maximum Gasteiger partial charge on any atom is 0.241 e. The molecule has 1 heterocycles. The predicted octanol–water partition coefficient (Wildman–Crippen LogP) is 1.45. The van der Waals surface area contributed by atoms with Crippen molar-refractivity contribution in [2.24, 2.45) is 5.73 Å². The summed E-state index contributed by atoms with van der Waals surface area (Å²) >= 11 is 0. The first kappa shape index (κ1) is 22.9. The Bertz CT molecular complexity index is 1290. The number of rotatable bonds is 7. The van der Waals surface area contributed by atoms with E-state index in [9.17, 15) is 13.2 Å². The molecule has 3 aromatic carbocycles. The third-order valence-electron chi connectivity index (χ3n) is 5.73. The zero-order valence-corrected chi connectivity index (χ0v) is 18.9. The van der Waals surface area contributed by atoms with Crippen molar-refractivity contribution in [2.45, 2.75) is 17.4 Å². The molecule has 3 aromatic rings. The molecule has 0 saturated carbocycles. The highest BCUT2D eigenvalue weighted by Crippen LogP contribution is 2.20. The van der Waals surface area contributed by atoms with Crippen LogP contribution in [0.4, 0.5) is 0 Å². The SMILES string of the molecule is N=C(N)c1cccc(C[C@H](NS(=O)(=O)c2ccc3ccccc3c2)C(=O)N2CCNCC2)c1. The molecule has 5 N–H and O–H groups in total. The topological polar surface area (TPSA) is 128 Å². The van der Waals surface area contributed by atoms with Crippen LogP contribution in [-0.2, 0) is 21.2 Å². The number of nitrogens with one attached hydrogen (secondary N) is 3. The molecule has 0 radical (unpaired) electrons. The third kappa shape index (κ3) is 5.39. The molecule has 0 aromatic heterocycles. The number of piperazine rings is 1. The van der Waals surface area contributed by atoms with Crippen LogP contribution in [0.25, 0.3) is 10.8 Å². The molecule has 1 fully saturated rings. The van der Waals surface area contributed by atoms with Gasteiger partial charge in [-0.05, 0) is 41.0 Å². The number of carbonyl (C=O) groups excluding carboxylic acids is 1. The Labute approximate surface area is 193 Å². The summed E-state index contributed by atoms with van der Waals surface area (Å²) in [4.78, 5) is 15.1. The van der Waals surface area contributed by atoms with E-state index in [-0.39, 0.29) is 23.1 Å². The number of nitrogens with zero attached hydrogens (tertiary/aromatic N) is 1. The van der Waals surface area contributed by atoms with Crippen LogP contribution in [0.2, 0.25) is 0 Å². The van der Waals surface area contributed by atoms with Crippen LogP contribution in [0.3, 0.4) is 0 Å². The zero-order chi connectivity index (χ0) is 23.4. The summed E-state index contributed by atoms with van der Waals surface area (Å²) in [6.07, 6.45) is 0.149. The highest BCUT2D eigenvalue weighted by atomic mass is 32.2. The van der Waals surface area contributed by atoms with Crippen molar-refractivity contribution in [3.05, 3.63) is 77.9 Å². The summed E-state index contributed by atoms with van der Waals surface area (Å²) in [5.41, 5.74) is 6.85. The number of benzene rings is 3. The quantitative estimate of drug-likeness (QED) is 0.310. The third-order valence-corrected chi connectivity index (χ3v) is 7.20. The van der Waals surface area contributed by atoms with Crippen LogP contribution in [0.15, 0.2) is 71.6 Å². The molecule has 4 rings (SSSR count). The van der Waals surface area contributed by atoms with Crippen LogP contribution >= 0.6 is 0 Å². The minimum Gasteiger partial charge on any atom is -0.384 e. The van der Waals surface area contributed by atoms with Gasteiger partial charge in [0.1, 0.15) is 11.9 Å². The lowest BCUT2D eigenvalue weighted by Crippen LogP contribution is -2.54. The van der Waals surface area contributed by atoms with Gasteiger partial charge in [0.25, 0.3) is 0 Å². The summed E-state index contributed by atoms with van der Waals surface area (Å²) in [6, 6.07) is 18.4. The minimum absolute atomic E-state index is 0.0847. The van der Waals surface area contributed by atoms with E-state index in [0.717, 1.165) is 16.3 Å². The average Bonchev–Trinajstić information content (AvgIpc) is 2.83. The predicted molar refractivity (Wildman–Crippen MR) is 129 cm³/mol. The summed E-state index contributed by atoms with van der Waals surface area (Å²) in [7, 11) is -3.96. The molecule has 1 aliphatic heterocycles. The van der Waals surface area contributed by atoms with E-state index in [4.69, 9.17) is 11.1 Å². The first-order valence-corrected chi connectivity index (χ1v) is 12.3. The van der Waals surface area contributed by atoms with Gasteiger partial charge in [-0.15, -0.1) is 0 Å². The Hall–Kier alpha value is -3.27. The Balaban J connectivity index is 1.64. The second kappa shape index (κ2) is 9.70. The summed E-state index contributed by atoms with van der Waals surface area (Å²) < 4.78 is 29.2. The van der Waals surface area contributed by atoms with Gasteiger partial charge in [0, 0.05) is 31.7 Å². The van der Waals surface area contributed by atoms with Gasteiger partial charge in [0.05, 0.1) is 4.90 Å². The van der Waals surface area contributed by atoms with Gasteiger partial charge in [0.2, 0.25) is 15.9 Å². The van der Waals surface area contributed by atoms with E-state index in [1.165, 1.54) is 0 Å². The first-order chi connectivity index (χ1) is 15.8. The van der Waals surface area contributed by atoms with Gasteiger partial charge in [-0.1, -0.05) is 48.5 Å². The van der Waals surface area contributed by atoms with Gasteiger partial charge < -0.3 is 16.0 Å². The Morgan fingerprint density at radius 1 is 1.03 bits per heavy atom. The number of fused-ring (bicyclic) bond motifs is 1. The first-order valence-electron chi connectivity index (χ1n) is 10.8. The fourth-order valence-electron chi connectivity index (χ4n) is 3.98. The van der Waals surface area contributed by atoms with Gasteiger partial charge in [-0.25, -0.2) is 8.42 Å². The second-order valence-corrected chi connectivity index (χ2v) is 9.79. The van der Waals surface area contributed by atoms with Gasteiger partial charge in [-0.2, -0.15) is 4.72 Å². The van der Waals surface area contributed by atoms with Crippen molar-refractivity contribution < 1.29 is 13.2 Å². The van der Waals surface area contributed by atoms with Crippen molar-refractivity contribution in [2.75, 3.05) is 26.2 Å². The van der Waals surface area contributed by atoms with Gasteiger partial charge in [-0.3, -0.25) is 10.2 Å². The molecule has 0 unspecified atom stereocenters. The number of hydrogen-bond donors (Lipinski definition) is 4. The highest BCUT2D eigenvalue weighted by molar-refractivity contribution is 7.89. The van der Waals surface area contributed by atoms with E-state index >= 15 is 0 Å². The van der Waals surface area contributed by atoms with E-state index in [0.29, 0.717) is 31.7 Å². The van der Waals surface area contributed by atoms with Crippen molar-refractivity contribution in [3.8, 4) is 0 Å². The van der Waals surface area contributed by atoms with Crippen LogP contribution in [0, 0.1) is 5.41 Å². The van der Waals surface area contributed by atoms with Gasteiger partial charge in [0.15, 0.2) is 0 Å². The Kier molecular flexibility index (Phi) is 6.73.